The summed E-state index contributed by atoms with van der Waals surface area (Å²) in [4.78, 5) is 91.2. The molecule has 3 saturated heterocycles. The Balaban J connectivity index is 0.000000176. The number of amides is 2. The molecule has 1 aromatic carbocycles. The lowest BCUT2D eigenvalue weighted by Crippen LogP contribution is -2.41. The Bertz CT molecular complexity index is 5290. The van der Waals surface area contributed by atoms with E-state index in [2.05, 4.69) is 107 Å². The van der Waals surface area contributed by atoms with Crippen molar-refractivity contribution >= 4 is 70.8 Å². The van der Waals surface area contributed by atoms with Crippen LogP contribution in [0, 0.1) is 31.6 Å². The fourth-order valence-corrected chi connectivity index (χ4v) is 17.5. The number of Topliss-reactive ketones (excluding diaryl/α,β-unsaturated/α-hetero) is 1. The molecule has 0 spiro atoms. The van der Waals surface area contributed by atoms with Gasteiger partial charge in [0, 0.05) is 95.5 Å². The molecule has 582 valence electrons. The van der Waals surface area contributed by atoms with E-state index in [1.807, 2.05) is 79.8 Å². The molecule has 3 fully saturated rings. The third-order valence-corrected chi connectivity index (χ3v) is 23.1. The van der Waals surface area contributed by atoms with E-state index in [1.165, 1.54) is 36.5 Å². The van der Waals surface area contributed by atoms with Crippen LogP contribution in [0.4, 0.5) is 23.3 Å². The molecule has 3 atom stereocenters. The summed E-state index contributed by atoms with van der Waals surface area (Å²) in [6, 6.07) is 36.4. The fraction of sp³-hybridized carbons (Fsp3) is 0.388. The van der Waals surface area contributed by atoms with Gasteiger partial charge in [0.05, 0.1) is 47.9 Å². The SMILES string of the molecule is COc1ccc(-c2ccc(C(=O)NS(=O)(=O)c3ccc[nH]c3=O)c(N3C[C@@H](C)CC3(C)C)n2)cc1.Cc1cc(-c2ccc(C(=O)NS(=O)(=O)c3cccc(N)n3)c(N3C[C@@H](C)CC3(C)C)n2)cc(OCCOC(C)C)n1.Cc1ccnc(Cc2cccc(S(=O)(=O)CC(=O)c3cccnc3N3CC(C)CC3(C)C)n2)c1. The molecule has 3 aliphatic heterocycles. The van der Waals surface area contributed by atoms with Crippen molar-refractivity contribution in [2.75, 3.05) is 66.1 Å². The number of carbonyl (C=O) groups excluding carboxylic acids is 3. The first-order valence-electron chi connectivity index (χ1n) is 36.2. The van der Waals surface area contributed by atoms with Crippen LogP contribution < -0.4 is 44.9 Å². The molecule has 27 nitrogen and oxygen atoms in total. The molecular weight excluding hydrogens is 1460 g/mol. The number of hydrogen-bond acceptors (Lipinski definition) is 24. The van der Waals surface area contributed by atoms with Crippen molar-refractivity contribution in [1.82, 2.24) is 49.3 Å². The van der Waals surface area contributed by atoms with Gasteiger partial charge in [0.15, 0.2) is 20.7 Å². The van der Waals surface area contributed by atoms with Gasteiger partial charge in [-0.15, -0.1) is 0 Å². The van der Waals surface area contributed by atoms with Crippen LogP contribution in [0.25, 0.3) is 22.5 Å². The molecule has 5 N–H and O–H groups in total. The topological polar surface area (TPSA) is 364 Å². The highest BCUT2D eigenvalue weighted by atomic mass is 32.2. The van der Waals surface area contributed by atoms with E-state index in [0.29, 0.717) is 102 Å². The number of nitrogens with zero attached hydrogens (tertiary/aromatic N) is 10. The van der Waals surface area contributed by atoms with E-state index < -0.39 is 63.7 Å². The molecule has 12 rings (SSSR count). The molecule has 30 heteroatoms. The zero-order chi connectivity index (χ0) is 79.8. The van der Waals surface area contributed by atoms with E-state index in [1.54, 1.807) is 74.1 Å². The number of rotatable bonds is 23. The number of methoxy groups -OCH3 is 1. The highest BCUT2D eigenvalue weighted by Crippen LogP contribution is 2.42. The number of sulfonamides is 2. The van der Waals surface area contributed by atoms with Crippen LogP contribution in [-0.2, 0) is 41.0 Å². The van der Waals surface area contributed by atoms with Crippen LogP contribution >= 0.6 is 0 Å². The average Bonchev–Trinajstić information content (AvgIpc) is 1.51. The molecule has 0 saturated carbocycles. The fourth-order valence-electron chi connectivity index (χ4n) is 14.3. The Morgan fingerprint density at radius 1 is 0.582 bits per heavy atom. The van der Waals surface area contributed by atoms with Gasteiger partial charge >= 0.3 is 0 Å². The quantitative estimate of drug-likeness (QED) is 0.0341. The van der Waals surface area contributed by atoms with E-state index in [0.717, 1.165) is 60.0 Å². The van der Waals surface area contributed by atoms with Gasteiger partial charge in [-0.2, -0.15) is 8.42 Å². The number of nitrogens with one attached hydrogen (secondary N) is 3. The molecular formula is C80H96N14O13S3. The Kier molecular flexibility index (Phi) is 25.1. The summed E-state index contributed by atoms with van der Waals surface area (Å²) < 4.78 is 98.6. The number of aromatic amines is 1. The largest absolute Gasteiger partial charge is 0.497 e. The van der Waals surface area contributed by atoms with Crippen molar-refractivity contribution in [2.45, 2.75) is 153 Å². The first-order chi connectivity index (χ1) is 51.8. The molecule has 1 unspecified atom stereocenters. The summed E-state index contributed by atoms with van der Waals surface area (Å²) in [5.41, 5.74) is 10.7. The summed E-state index contributed by atoms with van der Waals surface area (Å²) in [5, 5.41) is -0.447. The smallest absolute Gasteiger partial charge is 0.281 e. The second kappa shape index (κ2) is 33.7. The highest BCUT2D eigenvalue weighted by Gasteiger charge is 2.43. The van der Waals surface area contributed by atoms with Gasteiger partial charge in [-0.3, -0.25) is 24.2 Å². The highest BCUT2D eigenvalue weighted by molar-refractivity contribution is 7.92. The number of ether oxygens (including phenoxy) is 3. The number of anilines is 4. The lowest BCUT2D eigenvalue weighted by Gasteiger charge is -2.34. The Morgan fingerprint density at radius 3 is 1.71 bits per heavy atom. The number of carbonyl (C=O) groups is 3. The van der Waals surface area contributed by atoms with Crippen molar-refractivity contribution in [3.63, 3.8) is 0 Å². The Hall–Kier alpha value is -10.6. The summed E-state index contributed by atoms with van der Waals surface area (Å²) in [6.45, 7) is 29.6. The van der Waals surface area contributed by atoms with Crippen LogP contribution in [0.1, 0.15) is 149 Å². The van der Waals surface area contributed by atoms with Crippen molar-refractivity contribution in [2.24, 2.45) is 17.8 Å². The summed E-state index contributed by atoms with van der Waals surface area (Å²) in [7, 11) is -11.0. The molecule has 0 radical (unpaired) electrons. The molecule has 2 amide bonds. The van der Waals surface area contributed by atoms with E-state index in [4.69, 9.17) is 29.9 Å². The van der Waals surface area contributed by atoms with Gasteiger partial charge in [-0.25, -0.2) is 56.2 Å². The molecule has 3 aliphatic rings. The summed E-state index contributed by atoms with van der Waals surface area (Å²) in [5.74, 6) is 0.878. The third kappa shape index (κ3) is 20.1. The zero-order valence-corrected chi connectivity index (χ0v) is 66.8. The Morgan fingerprint density at radius 2 is 1.15 bits per heavy atom. The minimum absolute atomic E-state index is 0.0308. The minimum atomic E-state index is -4.39. The van der Waals surface area contributed by atoms with Gasteiger partial charge in [0.1, 0.15) is 41.4 Å². The van der Waals surface area contributed by atoms with Crippen LogP contribution in [0.15, 0.2) is 172 Å². The summed E-state index contributed by atoms with van der Waals surface area (Å²) in [6.07, 6.45) is 7.95. The zero-order valence-electron chi connectivity index (χ0n) is 64.4. The van der Waals surface area contributed by atoms with E-state index >= 15 is 0 Å². The molecule has 110 heavy (non-hydrogen) atoms. The van der Waals surface area contributed by atoms with Gasteiger partial charge in [0.2, 0.25) is 15.7 Å². The standard InChI is InChI=1S/C29H38N6O5S.C26H30N4O3S.C25H28N4O5S/c1-18(2)39-12-13-40-25-15-21(14-20(4)31-25)23-11-10-22(27(32-23)35-17-19(3)16-29(35,5)6)28(36)34-41(37,38)26-9-7-8-24(30)33-26;1-18-10-12-27-21(13-18)14-20-7-5-9-24(29-20)34(32,33)17-23(31)22-8-6-11-28-25(22)30-16-19(2)15-26(30,3)4;1-16-14-25(2,3)29(15-16)22-19(11-12-20(27-22)17-7-9-18(34-4)10-8-17)23(30)28-35(32,33)21-6-5-13-26-24(21)31/h7-11,14-15,18-19H,12-13,16-17H2,1-6H3,(H2,30,33)(H,34,36);5-13,19H,14-17H2,1-4H3;5-13,16H,14-15H2,1-4H3,(H,26,31)(H,28,30)/t19-;;16-/m0.0/s1. The first-order valence-corrected chi connectivity index (χ1v) is 40.8. The number of H-pyrrole nitrogens is 1. The number of nitrogen functional groups attached to an aromatic ring is 1. The predicted octanol–water partition coefficient (Wildman–Crippen LogP) is 11.2. The van der Waals surface area contributed by atoms with Crippen molar-refractivity contribution < 1.29 is 53.8 Å². The van der Waals surface area contributed by atoms with Crippen molar-refractivity contribution in [1.29, 1.82) is 0 Å². The monoisotopic (exact) mass is 1560 g/mol. The number of benzene rings is 1. The molecule has 0 bridgehead atoms. The second-order valence-corrected chi connectivity index (χ2v) is 35.5. The number of pyridine rings is 8. The second-order valence-electron chi connectivity index (χ2n) is 30.3. The number of ketones is 1. The number of sulfone groups is 1. The van der Waals surface area contributed by atoms with Crippen LogP contribution in [0.5, 0.6) is 11.6 Å². The first kappa shape index (κ1) is 81.9. The van der Waals surface area contributed by atoms with Crippen LogP contribution in [0.2, 0.25) is 0 Å². The number of hydrogen-bond donors (Lipinski definition) is 4. The predicted molar refractivity (Wildman–Crippen MR) is 422 cm³/mol. The van der Waals surface area contributed by atoms with Crippen molar-refractivity contribution in [3.8, 4) is 34.1 Å². The van der Waals surface area contributed by atoms with Crippen LogP contribution in [0.3, 0.4) is 0 Å². The minimum Gasteiger partial charge on any atom is -0.497 e. The molecule has 8 aromatic heterocycles. The number of aromatic nitrogens is 8. The van der Waals surface area contributed by atoms with Gasteiger partial charge < -0.3 is 39.6 Å². The molecule has 0 aliphatic carbocycles. The van der Waals surface area contributed by atoms with Crippen molar-refractivity contribution in [3.05, 3.63) is 202 Å². The Labute approximate surface area is 643 Å². The van der Waals surface area contributed by atoms with E-state index in [-0.39, 0.29) is 49.7 Å². The third-order valence-electron chi connectivity index (χ3n) is 19.0. The normalized spacial score (nSPS) is 17.2. The average molecular weight is 1560 g/mol. The number of nitrogens with two attached hydrogens (primary N) is 1. The lowest BCUT2D eigenvalue weighted by atomic mass is 9.97. The maximum Gasteiger partial charge on any atom is 0.281 e. The maximum atomic E-state index is 13.5. The summed E-state index contributed by atoms with van der Waals surface area (Å²) >= 11 is 0. The van der Waals surface area contributed by atoms with Crippen LogP contribution in [-0.4, -0.2) is 151 Å². The lowest BCUT2D eigenvalue weighted by molar-refractivity contribution is 0.0542. The maximum absolute atomic E-state index is 13.5. The molecule has 11 heterocycles. The van der Waals surface area contributed by atoms with Gasteiger partial charge in [0.25, 0.3) is 37.4 Å². The van der Waals surface area contributed by atoms with E-state index in [9.17, 15) is 44.4 Å². The van der Waals surface area contributed by atoms with Gasteiger partial charge in [-0.05, 0) is 227 Å². The molecule has 9 aromatic rings. The number of aryl methyl sites for hydroxylation is 2. The van der Waals surface area contributed by atoms with Gasteiger partial charge in [-0.1, -0.05) is 32.9 Å².